The van der Waals surface area contributed by atoms with Gasteiger partial charge in [0.05, 0.1) is 16.7 Å². The van der Waals surface area contributed by atoms with Crippen LogP contribution in [0, 0.1) is 5.92 Å². The molecule has 0 saturated heterocycles. The SMILES string of the molecule is CCCCSC(=S)C(CC)C(=O)OCC. The molecule has 0 heterocycles. The first-order chi connectivity index (χ1) is 7.17. The Morgan fingerprint density at radius 3 is 2.53 bits per heavy atom. The van der Waals surface area contributed by atoms with Crippen LogP contribution >= 0.6 is 24.0 Å². The smallest absolute Gasteiger partial charge is 0.314 e. The molecular formula is C11H20O2S2. The van der Waals surface area contributed by atoms with Crippen molar-refractivity contribution in [3.05, 3.63) is 0 Å². The van der Waals surface area contributed by atoms with E-state index in [2.05, 4.69) is 6.92 Å². The first-order valence-electron chi connectivity index (χ1n) is 5.50. The minimum absolute atomic E-state index is 0.172. The van der Waals surface area contributed by atoms with Crippen LogP contribution in [0.2, 0.25) is 0 Å². The lowest BCUT2D eigenvalue weighted by Crippen LogP contribution is -2.22. The van der Waals surface area contributed by atoms with Crippen LogP contribution in [0.4, 0.5) is 0 Å². The van der Waals surface area contributed by atoms with E-state index in [1.54, 1.807) is 11.8 Å². The Morgan fingerprint density at radius 2 is 2.07 bits per heavy atom. The van der Waals surface area contributed by atoms with Gasteiger partial charge in [0.1, 0.15) is 0 Å². The van der Waals surface area contributed by atoms with Crippen molar-refractivity contribution in [3.63, 3.8) is 0 Å². The van der Waals surface area contributed by atoms with Gasteiger partial charge in [-0.25, -0.2) is 0 Å². The Morgan fingerprint density at radius 1 is 1.40 bits per heavy atom. The molecule has 0 aromatic rings. The lowest BCUT2D eigenvalue weighted by molar-refractivity contribution is -0.145. The van der Waals surface area contributed by atoms with Crippen molar-refractivity contribution in [3.8, 4) is 0 Å². The third-order valence-corrected chi connectivity index (χ3v) is 3.71. The molecule has 0 aliphatic rings. The van der Waals surface area contributed by atoms with Crippen LogP contribution in [0.1, 0.15) is 40.0 Å². The first kappa shape index (κ1) is 14.9. The Hall–Kier alpha value is -0.0900. The second-order valence-corrected chi connectivity index (χ2v) is 5.07. The van der Waals surface area contributed by atoms with Crippen molar-refractivity contribution in [2.45, 2.75) is 40.0 Å². The average Bonchev–Trinajstić information content (AvgIpc) is 2.19. The number of thiocarbonyl (C=S) groups is 1. The molecule has 0 aromatic carbocycles. The van der Waals surface area contributed by atoms with E-state index in [0.717, 1.165) is 29.2 Å². The van der Waals surface area contributed by atoms with Gasteiger partial charge in [-0.1, -0.05) is 32.5 Å². The number of carbonyl (C=O) groups is 1. The van der Waals surface area contributed by atoms with Crippen molar-refractivity contribution in [1.29, 1.82) is 0 Å². The molecule has 0 spiro atoms. The van der Waals surface area contributed by atoms with Gasteiger partial charge in [-0.2, -0.15) is 0 Å². The van der Waals surface area contributed by atoms with Crippen molar-refractivity contribution >= 4 is 34.1 Å². The van der Waals surface area contributed by atoms with E-state index in [-0.39, 0.29) is 11.9 Å². The number of thioether (sulfide) groups is 1. The van der Waals surface area contributed by atoms with Gasteiger partial charge in [0.25, 0.3) is 0 Å². The first-order valence-corrected chi connectivity index (χ1v) is 6.89. The summed E-state index contributed by atoms with van der Waals surface area (Å²) in [5.74, 6) is 0.626. The molecule has 1 atom stereocenters. The highest BCUT2D eigenvalue weighted by molar-refractivity contribution is 8.23. The maximum absolute atomic E-state index is 11.5. The fourth-order valence-corrected chi connectivity index (χ4v) is 2.70. The lowest BCUT2D eigenvalue weighted by atomic mass is 10.1. The fraction of sp³-hybridized carbons (Fsp3) is 0.818. The molecule has 15 heavy (non-hydrogen) atoms. The standard InChI is InChI=1S/C11H20O2S2/c1-4-7-8-15-11(14)9(5-2)10(12)13-6-3/h9H,4-8H2,1-3H3. The van der Waals surface area contributed by atoms with Gasteiger partial charge in [0.2, 0.25) is 0 Å². The summed E-state index contributed by atoms with van der Waals surface area (Å²) in [6.45, 7) is 6.36. The Bertz CT molecular complexity index is 205. The zero-order chi connectivity index (χ0) is 11.7. The molecule has 0 aliphatic heterocycles. The summed E-state index contributed by atoms with van der Waals surface area (Å²) < 4.78 is 5.76. The van der Waals surface area contributed by atoms with Gasteiger partial charge < -0.3 is 4.74 Å². The molecule has 0 rings (SSSR count). The zero-order valence-electron chi connectivity index (χ0n) is 9.75. The monoisotopic (exact) mass is 248 g/mol. The molecular weight excluding hydrogens is 228 g/mol. The summed E-state index contributed by atoms with van der Waals surface area (Å²) in [6.07, 6.45) is 3.03. The van der Waals surface area contributed by atoms with E-state index in [1.807, 2.05) is 13.8 Å². The van der Waals surface area contributed by atoms with Gasteiger partial charge in [0, 0.05) is 0 Å². The molecule has 4 heteroatoms. The molecule has 0 saturated carbocycles. The van der Waals surface area contributed by atoms with Crippen LogP contribution < -0.4 is 0 Å². The third-order valence-electron chi connectivity index (χ3n) is 2.01. The number of unbranched alkanes of at least 4 members (excludes halogenated alkanes) is 1. The molecule has 1 unspecified atom stereocenters. The van der Waals surface area contributed by atoms with E-state index >= 15 is 0 Å². The quantitative estimate of drug-likeness (QED) is 0.392. The molecule has 0 amide bonds. The maximum Gasteiger partial charge on any atom is 0.314 e. The largest absolute Gasteiger partial charge is 0.465 e. The predicted octanol–water partition coefficient (Wildman–Crippen LogP) is 3.44. The normalized spacial score (nSPS) is 12.2. The second kappa shape index (κ2) is 9.16. The zero-order valence-corrected chi connectivity index (χ0v) is 11.4. The highest BCUT2D eigenvalue weighted by Gasteiger charge is 2.22. The van der Waals surface area contributed by atoms with Crippen LogP contribution in [0.5, 0.6) is 0 Å². The maximum atomic E-state index is 11.5. The van der Waals surface area contributed by atoms with Crippen LogP contribution in [0.15, 0.2) is 0 Å². The summed E-state index contributed by atoms with van der Waals surface area (Å²) in [7, 11) is 0. The molecule has 2 nitrogen and oxygen atoms in total. The highest BCUT2D eigenvalue weighted by atomic mass is 32.2. The van der Waals surface area contributed by atoms with Crippen molar-refractivity contribution in [2.75, 3.05) is 12.4 Å². The predicted molar refractivity (Wildman–Crippen MR) is 70.4 cm³/mol. The number of hydrogen-bond donors (Lipinski definition) is 0. The average molecular weight is 248 g/mol. The Balaban J connectivity index is 4.03. The lowest BCUT2D eigenvalue weighted by Gasteiger charge is -2.13. The van der Waals surface area contributed by atoms with E-state index in [1.165, 1.54) is 0 Å². The van der Waals surface area contributed by atoms with Gasteiger partial charge in [0.15, 0.2) is 0 Å². The topological polar surface area (TPSA) is 26.3 Å². The molecule has 0 radical (unpaired) electrons. The van der Waals surface area contributed by atoms with Gasteiger partial charge in [-0.3, -0.25) is 4.79 Å². The van der Waals surface area contributed by atoms with Crippen LogP contribution in [-0.2, 0) is 9.53 Å². The number of ether oxygens (including phenoxy) is 1. The van der Waals surface area contributed by atoms with Crippen LogP contribution in [0.25, 0.3) is 0 Å². The summed E-state index contributed by atoms with van der Waals surface area (Å²) >= 11 is 6.86. The van der Waals surface area contributed by atoms with Crippen LogP contribution in [-0.4, -0.2) is 22.5 Å². The highest BCUT2D eigenvalue weighted by Crippen LogP contribution is 2.19. The van der Waals surface area contributed by atoms with Crippen molar-refractivity contribution in [1.82, 2.24) is 0 Å². The molecule has 0 N–H and O–H groups in total. The van der Waals surface area contributed by atoms with E-state index < -0.39 is 0 Å². The Labute approximate surface area is 102 Å². The van der Waals surface area contributed by atoms with Crippen molar-refractivity contribution < 1.29 is 9.53 Å². The fourth-order valence-electron chi connectivity index (χ4n) is 1.09. The minimum Gasteiger partial charge on any atom is -0.465 e. The number of carbonyl (C=O) groups excluding carboxylic acids is 1. The minimum atomic E-state index is -0.207. The molecule has 0 bridgehead atoms. The number of hydrogen-bond acceptors (Lipinski definition) is 4. The summed E-state index contributed by atoms with van der Waals surface area (Å²) in [4.78, 5) is 11.5. The molecule has 0 aliphatic carbocycles. The number of esters is 1. The van der Waals surface area contributed by atoms with E-state index in [4.69, 9.17) is 17.0 Å². The van der Waals surface area contributed by atoms with E-state index in [0.29, 0.717) is 6.61 Å². The molecule has 88 valence electrons. The third kappa shape index (κ3) is 6.15. The van der Waals surface area contributed by atoms with Gasteiger partial charge in [-0.15, -0.1) is 11.8 Å². The van der Waals surface area contributed by atoms with Crippen molar-refractivity contribution in [2.24, 2.45) is 5.92 Å². The molecule has 0 fully saturated rings. The van der Waals surface area contributed by atoms with Gasteiger partial charge in [-0.05, 0) is 25.5 Å². The second-order valence-electron chi connectivity index (χ2n) is 3.23. The summed E-state index contributed by atoms with van der Waals surface area (Å²) in [5, 5.41) is 0. The van der Waals surface area contributed by atoms with Crippen LogP contribution in [0.3, 0.4) is 0 Å². The Kier molecular flexibility index (Phi) is 9.10. The number of rotatable bonds is 7. The summed E-state index contributed by atoms with van der Waals surface area (Å²) in [5.41, 5.74) is 0. The molecule has 0 aromatic heterocycles. The van der Waals surface area contributed by atoms with Gasteiger partial charge >= 0.3 is 5.97 Å². The summed E-state index contributed by atoms with van der Waals surface area (Å²) in [6, 6.07) is 0. The van der Waals surface area contributed by atoms with E-state index in [9.17, 15) is 4.79 Å².